The second-order valence-corrected chi connectivity index (χ2v) is 8.34. The Kier molecular flexibility index (Phi) is 7.72. The van der Waals surface area contributed by atoms with E-state index in [-0.39, 0.29) is 0 Å². The van der Waals surface area contributed by atoms with Gasteiger partial charge < -0.3 is 15.4 Å². The van der Waals surface area contributed by atoms with Crippen LogP contribution in [0.1, 0.15) is 63.0 Å². The van der Waals surface area contributed by atoms with Gasteiger partial charge in [-0.25, -0.2) is 0 Å². The summed E-state index contributed by atoms with van der Waals surface area (Å²) in [5.74, 6) is 1.53. The summed E-state index contributed by atoms with van der Waals surface area (Å²) in [5.41, 5.74) is 3.76. The summed E-state index contributed by atoms with van der Waals surface area (Å²) in [4.78, 5) is 0. The molecule has 0 atom stereocenters. The van der Waals surface area contributed by atoms with Crippen molar-refractivity contribution in [2.45, 2.75) is 64.4 Å². The van der Waals surface area contributed by atoms with E-state index in [2.05, 4.69) is 48.7 Å². The fourth-order valence-electron chi connectivity index (χ4n) is 3.55. The van der Waals surface area contributed by atoms with Gasteiger partial charge in [-0.05, 0) is 92.1 Å². The van der Waals surface area contributed by atoms with E-state index in [0.29, 0.717) is 17.1 Å². The zero-order valence-electron chi connectivity index (χ0n) is 17.0. The van der Waals surface area contributed by atoms with Gasteiger partial charge >= 0.3 is 0 Å². The molecule has 0 radical (unpaired) electrons. The molecular weight excluding hydrogens is 364 g/mol. The highest BCUT2D eigenvalue weighted by atomic mass is 32.1. The molecule has 0 aliphatic heterocycles. The first-order chi connectivity index (χ1) is 13.6. The zero-order chi connectivity index (χ0) is 19.8. The van der Waals surface area contributed by atoms with Crippen molar-refractivity contribution in [3.05, 3.63) is 59.7 Å². The summed E-state index contributed by atoms with van der Waals surface area (Å²) in [6.07, 6.45) is 7.42. The number of anilines is 1. The second kappa shape index (κ2) is 10.5. The Morgan fingerprint density at radius 3 is 2.36 bits per heavy atom. The van der Waals surface area contributed by atoms with Gasteiger partial charge in [0.15, 0.2) is 5.11 Å². The molecule has 1 fully saturated rings. The predicted molar refractivity (Wildman–Crippen MR) is 122 cm³/mol. The fraction of sp³-hybridized carbons (Fsp3) is 0.458. The SMILES string of the molecule is CC(C)c1ccc(CCCNC(=S)Nc2ccc(OC3CCCC3)cc2)cc1. The largest absolute Gasteiger partial charge is 0.490 e. The molecule has 1 aliphatic carbocycles. The standard InChI is InChI=1S/C24H32N2OS/c1-18(2)20-11-9-19(10-12-20)6-5-17-25-24(28)26-21-13-15-23(16-14-21)27-22-7-3-4-8-22/h9-16,18,22H,3-8,17H2,1-2H3,(H2,25,26,28). The Balaban J connectivity index is 1.34. The molecule has 3 nitrogen and oxygen atoms in total. The Hall–Kier alpha value is -2.07. The first kappa shape index (κ1) is 20.7. The number of nitrogens with one attached hydrogen (secondary N) is 2. The Morgan fingerprint density at radius 1 is 1.04 bits per heavy atom. The number of hydrogen-bond donors (Lipinski definition) is 2. The lowest BCUT2D eigenvalue weighted by atomic mass is 10.0. The van der Waals surface area contributed by atoms with Crippen LogP contribution < -0.4 is 15.4 Å². The highest BCUT2D eigenvalue weighted by molar-refractivity contribution is 7.80. The van der Waals surface area contributed by atoms with Crippen molar-refractivity contribution < 1.29 is 4.74 Å². The molecule has 0 amide bonds. The lowest BCUT2D eigenvalue weighted by molar-refractivity contribution is 0.210. The monoisotopic (exact) mass is 396 g/mol. The van der Waals surface area contributed by atoms with Gasteiger partial charge in [0, 0.05) is 12.2 Å². The van der Waals surface area contributed by atoms with Crippen LogP contribution in [0.4, 0.5) is 5.69 Å². The van der Waals surface area contributed by atoms with Crippen LogP contribution in [-0.2, 0) is 6.42 Å². The van der Waals surface area contributed by atoms with E-state index in [0.717, 1.165) is 30.8 Å². The van der Waals surface area contributed by atoms with E-state index in [4.69, 9.17) is 17.0 Å². The van der Waals surface area contributed by atoms with Crippen molar-refractivity contribution in [3.8, 4) is 5.75 Å². The molecule has 0 aromatic heterocycles. The van der Waals surface area contributed by atoms with Gasteiger partial charge in [0.25, 0.3) is 0 Å². The molecular formula is C24H32N2OS. The van der Waals surface area contributed by atoms with E-state index < -0.39 is 0 Å². The average Bonchev–Trinajstić information content (AvgIpc) is 3.20. The molecule has 28 heavy (non-hydrogen) atoms. The Labute approximate surface area is 174 Å². The molecule has 1 aliphatic rings. The summed E-state index contributed by atoms with van der Waals surface area (Å²) in [6, 6.07) is 17.0. The van der Waals surface area contributed by atoms with Crippen LogP contribution in [-0.4, -0.2) is 17.8 Å². The van der Waals surface area contributed by atoms with Gasteiger partial charge in [0.2, 0.25) is 0 Å². The van der Waals surface area contributed by atoms with Crippen molar-refractivity contribution in [1.29, 1.82) is 0 Å². The molecule has 4 heteroatoms. The Bertz CT molecular complexity index is 734. The van der Waals surface area contributed by atoms with Crippen LogP contribution in [0.5, 0.6) is 5.75 Å². The van der Waals surface area contributed by atoms with E-state index in [1.54, 1.807) is 0 Å². The quantitative estimate of drug-likeness (QED) is 0.420. The van der Waals surface area contributed by atoms with E-state index in [9.17, 15) is 0 Å². The average molecular weight is 397 g/mol. The first-order valence-corrected chi connectivity index (χ1v) is 10.9. The second-order valence-electron chi connectivity index (χ2n) is 7.93. The number of ether oxygens (including phenoxy) is 1. The van der Waals surface area contributed by atoms with Gasteiger partial charge in [-0.2, -0.15) is 0 Å². The number of hydrogen-bond acceptors (Lipinski definition) is 2. The maximum atomic E-state index is 6.00. The Morgan fingerprint density at radius 2 is 1.71 bits per heavy atom. The van der Waals surface area contributed by atoms with Gasteiger partial charge in [-0.15, -0.1) is 0 Å². The molecule has 1 saturated carbocycles. The van der Waals surface area contributed by atoms with Gasteiger partial charge in [0.05, 0.1) is 6.10 Å². The normalized spacial score (nSPS) is 14.2. The topological polar surface area (TPSA) is 33.3 Å². The number of benzene rings is 2. The van der Waals surface area contributed by atoms with Crippen LogP contribution >= 0.6 is 12.2 Å². The van der Waals surface area contributed by atoms with Gasteiger partial charge in [-0.1, -0.05) is 38.1 Å². The van der Waals surface area contributed by atoms with Crippen molar-refractivity contribution in [3.63, 3.8) is 0 Å². The lowest BCUT2D eigenvalue weighted by Crippen LogP contribution is -2.29. The summed E-state index contributed by atoms with van der Waals surface area (Å²) < 4.78 is 6.00. The summed E-state index contributed by atoms with van der Waals surface area (Å²) in [6.45, 7) is 5.31. The zero-order valence-corrected chi connectivity index (χ0v) is 17.9. The van der Waals surface area contributed by atoms with Crippen LogP contribution in [0, 0.1) is 0 Å². The van der Waals surface area contributed by atoms with Gasteiger partial charge in [-0.3, -0.25) is 0 Å². The van der Waals surface area contributed by atoms with Crippen molar-refractivity contribution >= 4 is 23.0 Å². The van der Waals surface area contributed by atoms with Gasteiger partial charge in [0.1, 0.15) is 5.75 Å². The minimum atomic E-state index is 0.392. The maximum absolute atomic E-state index is 6.00. The molecule has 3 rings (SSSR count). The number of thiocarbonyl (C=S) groups is 1. The van der Waals surface area contributed by atoms with Crippen molar-refractivity contribution in [2.75, 3.05) is 11.9 Å². The summed E-state index contributed by atoms with van der Waals surface area (Å²) in [5, 5.41) is 7.21. The minimum absolute atomic E-state index is 0.392. The predicted octanol–water partition coefficient (Wildman–Crippen LogP) is 6.05. The minimum Gasteiger partial charge on any atom is -0.490 e. The molecule has 150 valence electrons. The maximum Gasteiger partial charge on any atom is 0.170 e. The van der Waals surface area contributed by atoms with Crippen molar-refractivity contribution in [2.24, 2.45) is 0 Å². The molecule has 0 unspecified atom stereocenters. The van der Waals surface area contributed by atoms with Crippen LogP contribution in [0.2, 0.25) is 0 Å². The number of rotatable bonds is 8. The summed E-state index contributed by atoms with van der Waals surface area (Å²) >= 11 is 5.41. The van der Waals surface area contributed by atoms with Crippen LogP contribution in [0.25, 0.3) is 0 Å². The highest BCUT2D eigenvalue weighted by Gasteiger charge is 2.16. The first-order valence-electron chi connectivity index (χ1n) is 10.5. The molecule has 2 N–H and O–H groups in total. The van der Waals surface area contributed by atoms with E-state index in [1.165, 1.54) is 36.8 Å². The summed E-state index contributed by atoms with van der Waals surface area (Å²) in [7, 11) is 0. The molecule has 0 spiro atoms. The smallest absolute Gasteiger partial charge is 0.170 e. The molecule has 0 saturated heterocycles. The molecule has 2 aromatic carbocycles. The third kappa shape index (κ3) is 6.52. The molecule has 0 bridgehead atoms. The molecule has 0 heterocycles. The third-order valence-corrected chi connectivity index (χ3v) is 5.54. The lowest BCUT2D eigenvalue weighted by Gasteiger charge is -2.14. The third-order valence-electron chi connectivity index (χ3n) is 5.29. The highest BCUT2D eigenvalue weighted by Crippen LogP contribution is 2.25. The van der Waals surface area contributed by atoms with E-state index >= 15 is 0 Å². The van der Waals surface area contributed by atoms with Crippen LogP contribution in [0.15, 0.2) is 48.5 Å². The fourth-order valence-corrected chi connectivity index (χ4v) is 3.77. The van der Waals surface area contributed by atoms with Crippen molar-refractivity contribution in [1.82, 2.24) is 5.32 Å². The van der Waals surface area contributed by atoms with E-state index in [1.807, 2.05) is 24.3 Å². The number of aryl methyl sites for hydroxylation is 1. The molecule has 2 aromatic rings. The van der Waals surface area contributed by atoms with Crippen LogP contribution in [0.3, 0.4) is 0 Å².